The second kappa shape index (κ2) is 3.30. The average molecular weight is 211 g/mol. The highest BCUT2D eigenvalue weighted by atomic mass is 15.2. The molecule has 0 bridgehead atoms. The van der Waals surface area contributed by atoms with Gasteiger partial charge in [0.1, 0.15) is 5.82 Å². The van der Waals surface area contributed by atoms with Crippen molar-refractivity contribution in [1.82, 2.24) is 20.2 Å². The van der Waals surface area contributed by atoms with Gasteiger partial charge in [0.2, 0.25) is 5.65 Å². The molecule has 0 unspecified atom stereocenters. The molecular formula is C11H9N5. The molecule has 2 heterocycles. The second-order valence-corrected chi connectivity index (χ2v) is 3.43. The summed E-state index contributed by atoms with van der Waals surface area (Å²) in [6.45, 7) is 0. The highest BCUT2D eigenvalue weighted by Gasteiger charge is 2.06. The number of hydrogen-bond donors (Lipinski definition) is 2. The minimum Gasteiger partial charge on any atom is -0.382 e. The zero-order valence-electron chi connectivity index (χ0n) is 8.38. The van der Waals surface area contributed by atoms with Crippen LogP contribution >= 0.6 is 0 Å². The Morgan fingerprint density at radius 3 is 2.75 bits per heavy atom. The fourth-order valence-corrected chi connectivity index (χ4v) is 1.56. The first-order valence-electron chi connectivity index (χ1n) is 4.86. The van der Waals surface area contributed by atoms with Crippen molar-refractivity contribution in [2.45, 2.75) is 0 Å². The molecule has 0 amide bonds. The van der Waals surface area contributed by atoms with Crippen molar-refractivity contribution >= 4 is 17.0 Å². The second-order valence-electron chi connectivity index (χ2n) is 3.43. The maximum Gasteiger partial charge on any atom is 0.202 e. The predicted octanol–water partition coefficient (Wildman–Crippen LogP) is 1.60. The van der Waals surface area contributed by atoms with Crippen molar-refractivity contribution in [2.24, 2.45) is 0 Å². The number of aromatic nitrogens is 4. The van der Waals surface area contributed by atoms with Crippen LogP contribution in [0.2, 0.25) is 0 Å². The SMILES string of the molecule is Nc1[nH]nc2nc(-c3ccccc3)cnc12. The molecule has 0 aliphatic carbocycles. The van der Waals surface area contributed by atoms with Gasteiger partial charge < -0.3 is 5.73 Å². The van der Waals surface area contributed by atoms with E-state index in [1.54, 1.807) is 6.20 Å². The molecule has 0 aliphatic rings. The van der Waals surface area contributed by atoms with Crippen LogP contribution in [0.5, 0.6) is 0 Å². The number of nitrogens with two attached hydrogens (primary N) is 1. The lowest BCUT2D eigenvalue weighted by atomic mass is 10.2. The zero-order chi connectivity index (χ0) is 11.0. The number of nitrogens with one attached hydrogen (secondary N) is 1. The van der Waals surface area contributed by atoms with Gasteiger partial charge in [-0.2, -0.15) is 5.10 Å². The third-order valence-electron chi connectivity index (χ3n) is 2.36. The molecule has 5 heteroatoms. The number of nitrogen functional groups attached to an aromatic ring is 1. The van der Waals surface area contributed by atoms with E-state index >= 15 is 0 Å². The van der Waals surface area contributed by atoms with E-state index < -0.39 is 0 Å². The van der Waals surface area contributed by atoms with E-state index in [9.17, 15) is 0 Å². The first kappa shape index (κ1) is 8.84. The summed E-state index contributed by atoms with van der Waals surface area (Å²) in [5.41, 5.74) is 8.60. The molecule has 78 valence electrons. The molecule has 0 spiro atoms. The van der Waals surface area contributed by atoms with E-state index in [4.69, 9.17) is 5.73 Å². The minimum absolute atomic E-state index is 0.446. The van der Waals surface area contributed by atoms with E-state index in [0.717, 1.165) is 11.3 Å². The Kier molecular flexibility index (Phi) is 1.83. The summed E-state index contributed by atoms with van der Waals surface area (Å²) < 4.78 is 0. The molecule has 0 fully saturated rings. The van der Waals surface area contributed by atoms with Crippen molar-refractivity contribution < 1.29 is 0 Å². The van der Waals surface area contributed by atoms with Crippen LogP contribution in [0.3, 0.4) is 0 Å². The normalized spacial score (nSPS) is 10.8. The van der Waals surface area contributed by atoms with Crippen LogP contribution in [0.15, 0.2) is 36.5 Å². The third-order valence-corrected chi connectivity index (χ3v) is 2.36. The van der Waals surface area contributed by atoms with E-state index in [-0.39, 0.29) is 0 Å². The number of hydrogen-bond acceptors (Lipinski definition) is 4. The van der Waals surface area contributed by atoms with E-state index in [0.29, 0.717) is 17.0 Å². The fourth-order valence-electron chi connectivity index (χ4n) is 1.56. The molecule has 3 aromatic rings. The summed E-state index contributed by atoms with van der Waals surface area (Å²) >= 11 is 0. The quantitative estimate of drug-likeness (QED) is 0.640. The van der Waals surface area contributed by atoms with E-state index in [1.807, 2.05) is 30.3 Å². The van der Waals surface area contributed by atoms with Gasteiger partial charge in [0.15, 0.2) is 5.52 Å². The van der Waals surface area contributed by atoms with Crippen molar-refractivity contribution in [1.29, 1.82) is 0 Å². The standard InChI is InChI=1S/C11H9N5/c12-10-9-11(16-15-10)14-8(6-13-9)7-4-2-1-3-5-7/h1-6H,(H3,12,14,15,16). The third kappa shape index (κ3) is 1.30. The molecule has 0 radical (unpaired) electrons. The van der Waals surface area contributed by atoms with Gasteiger partial charge in [-0.3, -0.25) is 5.10 Å². The predicted molar refractivity (Wildman–Crippen MR) is 61.5 cm³/mol. The summed E-state index contributed by atoms with van der Waals surface area (Å²) in [4.78, 5) is 8.62. The van der Waals surface area contributed by atoms with Crippen LogP contribution in [-0.2, 0) is 0 Å². The Hall–Kier alpha value is -2.43. The summed E-state index contributed by atoms with van der Waals surface area (Å²) in [5, 5.41) is 6.64. The number of benzene rings is 1. The Morgan fingerprint density at radius 2 is 1.94 bits per heavy atom. The molecule has 5 nitrogen and oxygen atoms in total. The van der Waals surface area contributed by atoms with E-state index in [2.05, 4.69) is 20.2 Å². The number of nitrogens with zero attached hydrogens (tertiary/aromatic N) is 3. The van der Waals surface area contributed by atoms with Gasteiger partial charge in [-0.15, -0.1) is 0 Å². The summed E-state index contributed by atoms with van der Waals surface area (Å²) in [5.74, 6) is 0.446. The highest BCUT2D eigenvalue weighted by molar-refractivity contribution is 5.82. The Morgan fingerprint density at radius 1 is 1.12 bits per heavy atom. The maximum atomic E-state index is 5.64. The molecule has 0 saturated carbocycles. The molecule has 0 atom stereocenters. The zero-order valence-corrected chi connectivity index (χ0v) is 8.38. The monoisotopic (exact) mass is 211 g/mol. The Labute approximate surface area is 91.3 Å². The number of aromatic amines is 1. The Bertz CT molecular complexity index is 629. The summed E-state index contributed by atoms with van der Waals surface area (Å²) in [6, 6.07) is 9.83. The molecular weight excluding hydrogens is 202 g/mol. The topological polar surface area (TPSA) is 80.5 Å². The van der Waals surface area contributed by atoms with Gasteiger partial charge in [-0.25, -0.2) is 9.97 Å². The summed E-state index contributed by atoms with van der Waals surface area (Å²) in [7, 11) is 0. The number of H-pyrrole nitrogens is 1. The van der Waals surface area contributed by atoms with Crippen LogP contribution < -0.4 is 5.73 Å². The maximum absolute atomic E-state index is 5.64. The van der Waals surface area contributed by atoms with Gasteiger partial charge in [-0.1, -0.05) is 30.3 Å². The van der Waals surface area contributed by atoms with Gasteiger partial charge in [-0.05, 0) is 0 Å². The molecule has 2 aromatic heterocycles. The highest BCUT2D eigenvalue weighted by Crippen LogP contribution is 2.19. The molecule has 16 heavy (non-hydrogen) atoms. The lowest BCUT2D eigenvalue weighted by molar-refractivity contribution is 1.10. The van der Waals surface area contributed by atoms with Crippen LogP contribution in [0.4, 0.5) is 5.82 Å². The largest absolute Gasteiger partial charge is 0.382 e. The van der Waals surface area contributed by atoms with Crippen LogP contribution in [-0.4, -0.2) is 20.2 Å². The fraction of sp³-hybridized carbons (Fsp3) is 0. The van der Waals surface area contributed by atoms with Crippen LogP contribution in [0.1, 0.15) is 0 Å². The van der Waals surface area contributed by atoms with Crippen LogP contribution in [0.25, 0.3) is 22.4 Å². The minimum atomic E-state index is 0.446. The number of rotatable bonds is 1. The first-order valence-corrected chi connectivity index (χ1v) is 4.86. The van der Waals surface area contributed by atoms with E-state index in [1.165, 1.54) is 0 Å². The molecule has 3 N–H and O–H groups in total. The van der Waals surface area contributed by atoms with Gasteiger partial charge in [0.05, 0.1) is 11.9 Å². The van der Waals surface area contributed by atoms with Gasteiger partial charge in [0.25, 0.3) is 0 Å². The average Bonchev–Trinajstić information content (AvgIpc) is 2.72. The lowest BCUT2D eigenvalue weighted by Gasteiger charge is -1.98. The lowest BCUT2D eigenvalue weighted by Crippen LogP contribution is -1.89. The first-order chi connectivity index (χ1) is 7.84. The smallest absolute Gasteiger partial charge is 0.202 e. The van der Waals surface area contributed by atoms with Gasteiger partial charge >= 0.3 is 0 Å². The van der Waals surface area contributed by atoms with Crippen molar-refractivity contribution in [3.05, 3.63) is 36.5 Å². The summed E-state index contributed by atoms with van der Waals surface area (Å²) in [6.07, 6.45) is 1.70. The molecule has 3 rings (SSSR count). The molecule has 0 saturated heterocycles. The van der Waals surface area contributed by atoms with Crippen LogP contribution in [0, 0.1) is 0 Å². The Balaban J connectivity index is 2.19. The van der Waals surface area contributed by atoms with Gasteiger partial charge in [0, 0.05) is 5.56 Å². The number of fused-ring (bicyclic) bond motifs is 1. The van der Waals surface area contributed by atoms with Crippen molar-refractivity contribution in [3.63, 3.8) is 0 Å². The molecule has 1 aromatic carbocycles. The molecule has 0 aliphatic heterocycles. The van der Waals surface area contributed by atoms with Crippen molar-refractivity contribution in [3.8, 4) is 11.3 Å². The van der Waals surface area contributed by atoms with Crippen molar-refractivity contribution in [2.75, 3.05) is 5.73 Å². The number of anilines is 1.